The van der Waals surface area contributed by atoms with Crippen molar-refractivity contribution in [1.29, 1.82) is 10.5 Å². The summed E-state index contributed by atoms with van der Waals surface area (Å²) in [6.07, 6.45) is 0. The Bertz CT molecular complexity index is 1270. The minimum Gasteiger partial charge on any atom is -0.244 e. The van der Waals surface area contributed by atoms with Crippen LogP contribution in [-0.4, -0.2) is 9.97 Å². The van der Waals surface area contributed by atoms with Crippen LogP contribution in [0.1, 0.15) is 22.3 Å². The molecule has 26 heavy (non-hydrogen) atoms. The maximum absolute atomic E-state index is 9.50. The molecular formula is C22H12N4. The summed E-state index contributed by atoms with van der Waals surface area (Å²) in [5.41, 5.74) is 8.61. The van der Waals surface area contributed by atoms with E-state index in [1.165, 1.54) is 11.1 Å². The first-order valence-corrected chi connectivity index (χ1v) is 8.32. The van der Waals surface area contributed by atoms with Crippen molar-refractivity contribution in [3.63, 3.8) is 0 Å². The van der Waals surface area contributed by atoms with Gasteiger partial charge in [0.05, 0.1) is 45.7 Å². The molecule has 120 valence electrons. The van der Waals surface area contributed by atoms with Crippen LogP contribution in [0, 0.1) is 36.5 Å². The molecule has 0 unspecified atom stereocenters. The van der Waals surface area contributed by atoms with Crippen LogP contribution in [0.15, 0.2) is 36.4 Å². The molecule has 0 bridgehead atoms. The Morgan fingerprint density at radius 3 is 1.58 bits per heavy atom. The molecule has 0 fully saturated rings. The minimum absolute atomic E-state index is 0.506. The molecule has 0 amide bonds. The average Bonchev–Trinajstić information content (AvgIpc) is 2.96. The van der Waals surface area contributed by atoms with Gasteiger partial charge in [-0.3, -0.25) is 0 Å². The fourth-order valence-electron chi connectivity index (χ4n) is 3.76. The fraction of sp³-hybridized carbons (Fsp3) is 0.0909. The summed E-state index contributed by atoms with van der Waals surface area (Å²) >= 11 is 0. The smallest absolute Gasteiger partial charge is 0.0998 e. The molecule has 0 N–H and O–H groups in total. The predicted octanol–water partition coefficient (Wildman–Crippen LogP) is 4.79. The van der Waals surface area contributed by atoms with Crippen molar-refractivity contribution in [2.24, 2.45) is 0 Å². The molecule has 4 nitrogen and oxygen atoms in total. The monoisotopic (exact) mass is 332 g/mol. The molecule has 5 rings (SSSR count). The van der Waals surface area contributed by atoms with Crippen LogP contribution < -0.4 is 0 Å². The Labute approximate surface area is 150 Å². The minimum atomic E-state index is 0.506. The molecule has 0 aliphatic heterocycles. The molecule has 1 aliphatic carbocycles. The quantitative estimate of drug-likeness (QED) is 0.408. The zero-order valence-electron chi connectivity index (χ0n) is 14.3. The molecule has 1 heterocycles. The number of aromatic nitrogens is 2. The van der Waals surface area contributed by atoms with Crippen LogP contribution in [0.2, 0.25) is 0 Å². The lowest BCUT2D eigenvalue weighted by molar-refractivity contribution is 1.28. The lowest BCUT2D eigenvalue weighted by Crippen LogP contribution is -1.92. The van der Waals surface area contributed by atoms with Crippen LogP contribution >= 0.6 is 0 Å². The molecule has 0 saturated heterocycles. The molecule has 4 aromatic rings. The van der Waals surface area contributed by atoms with Crippen molar-refractivity contribution >= 4 is 21.8 Å². The summed E-state index contributed by atoms with van der Waals surface area (Å²) < 4.78 is 0. The van der Waals surface area contributed by atoms with E-state index in [-0.39, 0.29) is 0 Å². The predicted molar refractivity (Wildman–Crippen MR) is 100 cm³/mol. The Hall–Kier alpha value is -3.76. The van der Waals surface area contributed by atoms with Gasteiger partial charge in [-0.05, 0) is 49.2 Å². The summed E-state index contributed by atoms with van der Waals surface area (Å²) in [6.45, 7) is 4.13. The van der Waals surface area contributed by atoms with Gasteiger partial charge in [-0.15, -0.1) is 0 Å². The SMILES string of the molecule is Cc1cc2nc3c(nc2cc1C)-c1ccc(C#N)c2c(C#N)ccc-3c12. The number of fused-ring (bicyclic) bond motifs is 4. The molecule has 0 spiro atoms. The Kier molecular flexibility index (Phi) is 2.73. The third-order valence-electron chi connectivity index (χ3n) is 5.19. The maximum atomic E-state index is 9.50. The van der Waals surface area contributed by atoms with Gasteiger partial charge >= 0.3 is 0 Å². The molecule has 3 aromatic carbocycles. The summed E-state index contributed by atoms with van der Waals surface area (Å²) in [6, 6.07) is 15.9. The van der Waals surface area contributed by atoms with Crippen LogP contribution in [0.4, 0.5) is 0 Å². The van der Waals surface area contributed by atoms with Gasteiger partial charge in [0.1, 0.15) is 0 Å². The van der Waals surface area contributed by atoms with Crippen LogP contribution in [0.25, 0.3) is 44.3 Å². The van der Waals surface area contributed by atoms with E-state index >= 15 is 0 Å². The summed E-state index contributed by atoms with van der Waals surface area (Å²) in [7, 11) is 0. The first kappa shape index (κ1) is 14.6. The second-order valence-electron chi connectivity index (χ2n) is 6.64. The normalized spacial score (nSPS) is 11.4. The van der Waals surface area contributed by atoms with Crippen molar-refractivity contribution in [2.75, 3.05) is 0 Å². The summed E-state index contributed by atoms with van der Waals surface area (Å²) in [5.74, 6) is 0. The molecule has 0 saturated carbocycles. The number of nitrogens with zero attached hydrogens (tertiary/aromatic N) is 4. The lowest BCUT2D eigenvalue weighted by atomic mass is 9.96. The maximum Gasteiger partial charge on any atom is 0.0998 e. The van der Waals surface area contributed by atoms with Crippen molar-refractivity contribution < 1.29 is 0 Å². The van der Waals surface area contributed by atoms with Crippen molar-refractivity contribution in [3.8, 4) is 34.7 Å². The van der Waals surface area contributed by atoms with E-state index in [1.807, 2.05) is 12.1 Å². The Balaban J connectivity index is 1.97. The average molecular weight is 332 g/mol. The van der Waals surface area contributed by atoms with E-state index in [2.05, 4.69) is 38.1 Å². The zero-order chi connectivity index (χ0) is 18.0. The van der Waals surface area contributed by atoms with Gasteiger partial charge in [-0.25, -0.2) is 9.97 Å². The van der Waals surface area contributed by atoms with Crippen molar-refractivity contribution in [2.45, 2.75) is 13.8 Å². The van der Waals surface area contributed by atoms with E-state index in [4.69, 9.17) is 9.97 Å². The standard InChI is InChI=1S/C22H12N4/c1-11-7-17-18(8-12(11)2)26-22-16-6-4-14(10-24)19-13(9-23)3-5-15(20(16)19)21(22)25-17/h3-8H,1-2H3. The van der Waals surface area contributed by atoms with Crippen LogP contribution in [0.3, 0.4) is 0 Å². The molecule has 0 atom stereocenters. The van der Waals surface area contributed by atoms with E-state index in [0.29, 0.717) is 16.5 Å². The largest absolute Gasteiger partial charge is 0.244 e. The molecule has 1 aromatic heterocycles. The van der Waals surface area contributed by atoms with Gasteiger partial charge in [-0.1, -0.05) is 12.1 Å². The topological polar surface area (TPSA) is 73.4 Å². The van der Waals surface area contributed by atoms with Crippen LogP contribution in [0.5, 0.6) is 0 Å². The fourth-order valence-corrected chi connectivity index (χ4v) is 3.76. The first-order chi connectivity index (χ1) is 12.6. The van der Waals surface area contributed by atoms with E-state index in [0.717, 1.165) is 38.9 Å². The zero-order valence-corrected chi connectivity index (χ0v) is 14.3. The van der Waals surface area contributed by atoms with Gasteiger partial charge < -0.3 is 0 Å². The highest BCUT2D eigenvalue weighted by Crippen LogP contribution is 2.47. The number of aryl methyl sites for hydroxylation is 2. The molecular weight excluding hydrogens is 320 g/mol. The molecule has 0 radical (unpaired) electrons. The summed E-state index contributed by atoms with van der Waals surface area (Å²) in [5, 5.41) is 20.6. The second-order valence-corrected chi connectivity index (χ2v) is 6.64. The number of hydrogen-bond donors (Lipinski definition) is 0. The van der Waals surface area contributed by atoms with Crippen molar-refractivity contribution in [3.05, 3.63) is 58.7 Å². The van der Waals surface area contributed by atoms with Crippen LogP contribution in [-0.2, 0) is 0 Å². The van der Waals surface area contributed by atoms with Gasteiger partial charge in [-0.2, -0.15) is 10.5 Å². The van der Waals surface area contributed by atoms with Gasteiger partial charge in [0.2, 0.25) is 0 Å². The Morgan fingerprint density at radius 1 is 0.692 bits per heavy atom. The first-order valence-electron chi connectivity index (χ1n) is 8.32. The van der Waals surface area contributed by atoms with E-state index in [9.17, 15) is 10.5 Å². The highest BCUT2D eigenvalue weighted by atomic mass is 14.8. The third kappa shape index (κ3) is 1.71. The third-order valence-corrected chi connectivity index (χ3v) is 5.19. The number of hydrogen-bond acceptors (Lipinski definition) is 4. The highest BCUT2D eigenvalue weighted by Gasteiger charge is 2.27. The number of nitriles is 2. The van der Waals surface area contributed by atoms with Crippen molar-refractivity contribution in [1.82, 2.24) is 9.97 Å². The molecule has 1 aliphatic rings. The lowest BCUT2D eigenvalue weighted by Gasteiger charge is -2.06. The Morgan fingerprint density at radius 2 is 1.15 bits per heavy atom. The van der Waals surface area contributed by atoms with E-state index in [1.54, 1.807) is 12.1 Å². The number of rotatable bonds is 0. The summed E-state index contributed by atoms with van der Waals surface area (Å²) in [4.78, 5) is 9.76. The highest BCUT2D eigenvalue weighted by molar-refractivity contribution is 6.17. The molecule has 4 heteroatoms. The van der Waals surface area contributed by atoms with E-state index < -0.39 is 0 Å². The van der Waals surface area contributed by atoms with Gasteiger partial charge in [0, 0.05) is 21.9 Å². The second kappa shape index (κ2) is 4.88. The van der Waals surface area contributed by atoms with Gasteiger partial charge in [0.25, 0.3) is 0 Å². The number of benzene rings is 3. The van der Waals surface area contributed by atoms with Gasteiger partial charge in [0.15, 0.2) is 0 Å².